The van der Waals surface area contributed by atoms with Gasteiger partial charge in [0.2, 0.25) is 0 Å². The number of nitrogens with zero attached hydrogens (tertiary/aromatic N) is 3. The third-order valence-corrected chi connectivity index (χ3v) is 2.98. The Morgan fingerprint density at radius 1 is 1.16 bits per heavy atom. The van der Waals surface area contributed by atoms with Gasteiger partial charge in [-0.05, 0) is 32.4 Å². The highest BCUT2D eigenvalue weighted by molar-refractivity contribution is 5.46. The van der Waals surface area contributed by atoms with Gasteiger partial charge in [0, 0.05) is 30.4 Å². The summed E-state index contributed by atoms with van der Waals surface area (Å²) in [6.45, 7) is 7.07. The fourth-order valence-corrected chi connectivity index (χ4v) is 1.95. The highest BCUT2D eigenvalue weighted by atomic mass is 15.0. The summed E-state index contributed by atoms with van der Waals surface area (Å²) in [6, 6.07) is 5.95. The van der Waals surface area contributed by atoms with Crippen LogP contribution in [0.25, 0.3) is 0 Å². The van der Waals surface area contributed by atoms with Crippen molar-refractivity contribution in [2.24, 2.45) is 0 Å². The van der Waals surface area contributed by atoms with Gasteiger partial charge in [-0.2, -0.15) is 0 Å². The zero-order valence-electron chi connectivity index (χ0n) is 11.8. The van der Waals surface area contributed by atoms with Crippen LogP contribution in [0.1, 0.15) is 36.1 Å². The summed E-state index contributed by atoms with van der Waals surface area (Å²) in [5.41, 5.74) is 3.19. The van der Waals surface area contributed by atoms with Gasteiger partial charge >= 0.3 is 0 Å². The smallest absolute Gasteiger partial charge is 0.132 e. The minimum absolute atomic E-state index is 0.747. The number of rotatable bonds is 5. The van der Waals surface area contributed by atoms with Crippen molar-refractivity contribution >= 4 is 5.82 Å². The van der Waals surface area contributed by atoms with Crippen molar-refractivity contribution in [3.63, 3.8) is 0 Å². The van der Waals surface area contributed by atoms with E-state index in [-0.39, 0.29) is 0 Å². The van der Waals surface area contributed by atoms with Crippen molar-refractivity contribution in [2.45, 2.75) is 33.6 Å². The molecule has 0 aliphatic carbocycles. The first-order valence-corrected chi connectivity index (χ1v) is 6.68. The molecule has 0 atom stereocenters. The molecule has 0 radical (unpaired) electrons. The van der Waals surface area contributed by atoms with Crippen LogP contribution in [0, 0.1) is 13.8 Å². The SMILES string of the molecule is CCCNc1nc(C)nc(Cc2ccccn2)c1C. The van der Waals surface area contributed by atoms with Gasteiger partial charge in [-0.1, -0.05) is 13.0 Å². The maximum atomic E-state index is 4.55. The van der Waals surface area contributed by atoms with Crippen LogP contribution in [-0.4, -0.2) is 21.5 Å². The first-order chi connectivity index (χ1) is 9.20. The molecule has 2 aromatic heterocycles. The quantitative estimate of drug-likeness (QED) is 0.893. The Morgan fingerprint density at radius 3 is 2.68 bits per heavy atom. The van der Waals surface area contributed by atoms with Crippen LogP contribution in [0.2, 0.25) is 0 Å². The number of aromatic nitrogens is 3. The van der Waals surface area contributed by atoms with Crippen LogP contribution >= 0.6 is 0 Å². The Bertz CT molecular complexity index is 537. The van der Waals surface area contributed by atoms with Gasteiger partial charge in [0.25, 0.3) is 0 Å². The maximum absolute atomic E-state index is 4.55. The number of aryl methyl sites for hydroxylation is 1. The van der Waals surface area contributed by atoms with Crippen LogP contribution < -0.4 is 5.32 Å². The second-order valence-electron chi connectivity index (χ2n) is 4.62. The molecule has 4 nitrogen and oxygen atoms in total. The molecule has 0 aliphatic rings. The van der Waals surface area contributed by atoms with Gasteiger partial charge in [-0.3, -0.25) is 4.98 Å². The van der Waals surface area contributed by atoms with Crippen molar-refractivity contribution in [2.75, 3.05) is 11.9 Å². The molecule has 0 fully saturated rings. The van der Waals surface area contributed by atoms with Gasteiger partial charge in [0.05, 0.1) is 5.69 Å². The second kappa shape index (κ2) is 6.27. The number of hydrogen-bond donors (Lipinski definition) is 1. The number of hydrogen-bond acceptors (Lipinski definition) is 4. The molecule has 0 saturated carbocycles. The largest absolute Gasteiger partial charge is 0.370 e. The summed E-state index contributed by atoms with van der Waals surface area (Å²) in [4.78, 5) is 13.4. The third-order valence-electron chi connectivity index (χ3n) is 2.98. The van der Waals surface area contributed by atoms with Crippen molar-refractivity contribution in [1.82, 2.24) is 15.0 Å². The lowest BCUT2D eigenvalue weighted by atomic mass is 10.1. The molecule has 2 aromatic rings. The average Bonchev–Trinajstić information content (AvgIpc) is 2.42. The topological polar surface area (TPSA) is 50.7 Å². The summed E-state index contributed by atoms with van der Waals surface area (Å²) in [7, 11) is 0. The Hall–Kier alpha value is -1.97. The number of pyridine rings is 1. The van der Waals surface area contributed by atoms with Gasteiger partial charge < -0.3 is 5.32 Å². The molecule has 0 aromatic carbocycles. The van der Waals surface area contributed by atoms with E-state index in [4.69, 9.17) is 0 Å². The lowest BCUT2D eigenvalue weighted by Gasteiger charge is -2.12. The lowest BCUT2D eigenvalue weighted by Crippen LogP contribution is -2.09. The number of anilines is 1. The first-order valence-electron chi connectivity index (χ1n) is 6.68. The van der Waals surface area contributed by atoms with Crippen molar-refractivity contribution in [3.8, 4) is 0 Å². The average molecular weight is 256 g/mol. The van der Waals surface area contributed by atoms with E-state index in [0.29, 0.717) is 0 Å². The molecule has 4 heteroatoms. The van der Waals surface area contributed by atoms with Crippen molar-refractivity contribution in [1.29, 1.82) is 0 Å². The monoisotopic (exact) mass is 256 g/mol. The van der Waals surface area contributed by atoms with Gasteiger partial charge in [-0.25, -0.2) is 9.97 Å². The second-order valence-corrected chi connectivity index (χ2v) is 4.62. The summed E-state index contributed by atoms with van der Waals surface area (Å²) in [5.74, 6) is 1.75. The molecule has 0 saturated heterocycles. The van der Waals surface area contributed by atoms with E-state index in [2.05, 4.69) is 34.1 Å². The standard InChI is InChI=1S/C15H20N4/c1-4-8-17-15-11(2)14(18-12(3)19-15)10-13-7-5-6-9-16-13/h5-7,9H,4,8,10H2,1-3H3,(H,17,18,19). The maximum Gasteiger partial charge on any atom is 0.132 e. The molecule has 0 aliphatic heterocycles. The third kappa shape index (κ3) is 3.50. The fourth-order valence-electron chi connectivity index (χ4n) is 1.95. The molecule has 0 amide bonds. The van der Waals surface area contributed by atoms with Crippen LogP contribution in [0.15, 0.2) is 24.4 Å². The predicted octanol–water partition coefficient (Wildman–Crippen LogP) is 2.90. The zero-order chi connectivity index (χ0) is 13.7. The molecule has 2 heterocycles. The molecule has 19 heavy (non-hydrogen) atoms. The summed E-state index contributed by atoms with van der Waals surface area (Å²) < 4.78 is 0. The molecule has 100 valence electrons. The summed E-state index contributed by atoms with van der Waals surface area (Å²) >= 11 is 0. The molecule has 0 unspecified atom stereocenters. The fraction of sp³-hybridized carbons (Fsp3) is 0.400. The molecule has 2 rings (SSSR count). The van der Waals surface area contributed by atoms with Crippen molar-refractivity contribution in [3.05, 3.63) is 47.2 Å². The molecule has 0 bridgehead atoms. The summed E-state index contributed by atoms with van der Waals surface area (Å²) in [5, 5.41) is 3.36. The highest BCUT2D eigenvalue weighted by Gasteiger charge is 2.09. The van der Waals surface area contributed by atoms with E-state index in [0.717, 1.165) is 48.0 Å². The van der Waals surface area contributed by atoms with Crippen LogP contribution in [0.5, 0.6) is 0 Å². The Morgan fingerprint density at radius 2 is 2.00 bits per heavy atom. The predicted molar refractivity (Wildman–Crippen MR) is 77.3 cm³/mol. The normalized spacial score (nSPS) is 10.5. The van der Waals surface area contributed by atoms with E-state index in [1.807, 2.05) is 31.3 Å². The Labute approximate surface area is 114 Å². The lowest BCUT2D eigenvalue weighted by molar-refractivity contribution is 0.905. The van der Waals surface area contributed by atoms with E-state index < -0.39 is 0 Å². The number of nitrogens with one attached hydrogen (secondary N) is 1. The van der Waals surface area contributed by atoms with Gasteiger partial charge in [-0.15, -0.1) is 0 Å². The Balaban J connectivity index is 2.27. The molecule has 1 N–H and O–H groups in total. The summed E-state index contributed by atoms with van der Waals surface area (Å²) in [6.07, 6.45) is 3.64. The van der Waals surface area contributed by atoms with Gasteiger partial charge in [0.1, 0.15) is 11.6 Å². The molecular formula is C15H20N4. The van der Waals surface area contributed by atoms with Gasteiger partial charge in [0.15, 0.2) is 0 Å². The van der Waals surface area contributed by atoms with E-state index >= 15 is 0 Å². The van der Waals surface area contributed by atoms with E-state index in [9.17, 15) is 0 Å². The van der Waals surface area contributed by atoms with Crippen LogP contribution in [0.3, 0.4) is 0 Å². The Kier molecular flexibility index (Phi) is 4.44. The van der Waals surface area contributed by atoms with Crippen molar-refractivity contribution < 1.29 is 0 Å². The van der Waals surface area contributed by atoms with Crippen LogP contribution in [-0.2, 0) is 6.42 Å². The first kappa shape index (κ1) is 13.5. The van der Waals surface area contributed by atoms with E-state index in [1.54, 1.807) is 0 Å². The molecule has 0 spiro atoms. The minimum Gasteiger partial charge on any atom is -0.370 e. The molecular weight excluding hydrogens is 236 g/mol. The zero-order valence-corrected chi connectivity index (χ0v) is 11.8. The highest BCUT2D eigenvalue weighted by Crippen LogP contribution is 2.17. The van der Waals surface area contributed by atoms with Crippen LogP contribution in [0.4, 0.5) is 5.82 Å². The van der Waals surface area contributed by atoms with E-state index in [1.165, 1.54) is 0 Å². The minimum atomic E-state index is 0.747.